The van der Waals surface area contributed by atoms with Crippen LogP contribution >= 0.6 is 11.6 Å². The molecule has 0 aliphatic carbocycles. The second-order valence-corrected chi connectivity index (χ2v) is 5.59. The van der Waals surface area contributed by atoms with Gasteiger partial charge in [-0.3, -0.25) is 4.79 Å². The third-order valence-electron chi connectivity index (χ3n) is 3.88. The van der Waals surface area contributed by atoms with Crippen molar-refractivity contribution in [3.8, 4) is 11.5 Å². The van der Waals surface area contributed by atoms with Crippen molar-refractivity contribution in [3.63, 3.8) is 0 Å². The number of ether oxygens (including phenoxy) is 2. The Balaban J connectivity index is 1.95. The molecule has 0 aromatic heterocycles. The highest BCUT2D eigenvalue weighted by Gasteiger charge is 2.31. The highest BCUT2D eigenvalue weighted by atomic mass is 35.5. The van der Waals surface area contributed by atoms with Gasteiger partial charge in [-0.15, -0.1) is 0 Å². The molecule has 0 radical (unpaired) electrons. The van der Waals surface area contributed by atoms with Gasteiger partial charge in [0.1, 0.15) is 11.5 Å². The van der Waals surface area contributed by atoms with E-state index in [1.54, 1.807) is 26.4 Å². The van der Waals surface area contributed by atoms with E-state index in [-0.39, 0.29) is 11.8 Å². The van der Waals surface area contributed by atoms with E-state index in [0.717, 1.165) is 28.3 Å². The van der Waals surface area contributed by atoms with E-state index < -0.39 is 0 Å². The second kappa shape index (κ2) is 5.89. The fourth-order valence-corrected chi connectivity index (χ4v) is 2.94. The van der Waals surface area contributed by atoms with Crippen LogP contribution in [0.15, 0.2) is 36.4 Å². The van der Waals surface area contributed by atoms with Crippen LogP contribution in [0.4, 0.5) is 5.69 Å². The molecule has 0 spiro atoms. The van der Waals surface area contributed by atoms with Gasteiger partial charge in [-0.1, -0.05) is 17.7 Å². The standard InChI is InChI=1S/C17H16ClNO3/c1-21-12-4-6-16(22-2)10(7-12)8-14-13-5-3-11(18)9-15(13)19-17(14)20/h3-7,9,14H,8H2,1-2H3,(H,19,20). The van der Waals surface area contributed by atoms with Crippen molar-refractivity contribution in [1.82, 2.24) is 0 Å². The zero-order valence-corrected chi connectivity index (χ0v) is 13.1. The van der Waals surface area contributed by atoms with Gasteiger partial charge >= 0.3 is 0 Å². The van der Waals surface area contributed by atoms with E-state index in [1.165, 1.54) is 0 Å². The summed E-state index contributed by atoms with van der Waals surface area (Å²) in [4.78, 5) is 12.3. The average molecular weight is 318 g/mol. The van der Waals surface area contributed by atoms with E-state index >= 15 is 0 Å². The maximum absolute atomic E-state index is 12.3. The van der Waals surface area contributed by atoms with Gasteiger partial charge in [0.15, 0.2) is 0 Å². The Hall–Kier alpha value is -2.20. The number of hydrogen-bond acceptors (Lipinski definition) is 3. The monoisotopic (exact) mass is 317 g/mol. The van der Waals surface area contributed by atoms with Gasteiger partial charge in [0.2, 0.25) is 5.91 Å². The van der Waals surface area contributed by atoms with E-state index in [0.29, 0.717) is 11.4 Å². The number of fused-ring (bicyclic) bond motifs is 1. The minimum atomic E-state index is -0.256. The van der Waals surface area contributed by atoms with Crippen LogP contribution in [0, 0.1) is 0 Å². The summed E-state index contributed by atoms with van der Waals surface area (Å²) in [5.74, 6) is 1.21. The SMILES string of the molecule is COc1ccc(OC)c(CC2C(=O)Nc3cc(Cl)ccc32)c1. The molecular weight excluding hydrogens is 302 g/mol. The summed E-state index contributed by atoms with van der Waals surface area (Å²) in [5.41, 5.74) is 2.67. The molecular formula is C17H16ClNO3. The number of methoxy groups -OCH3 is 2. The molecule has 2 aromatic rings. The zero-order chi connectivity index (χ0) is 15.7. The second-order valence-electron chi connectivity index (χ2n) is 5.16. The molecule has 0 bridgehead atoms. The fraction of sp³-hybridized carbons (Fsp3) is 0.235. The summed E-state index contributed by atoms with van der Waals surface area (Å²) in [7, 11) is 3.24. The largest absolute Gasteiger partial charge is 0.497 e. The van der Waals surface area contributed by atoms with Crippen molar-refractivity contribution in [2.75, 3.05) is 19.5 Å². The van der Waals surface area contributed by atoms with E-state index in [2.05, 4.69) is 5.32 Å². The lowest BCUT2D eigenvalue weighted by Gasteiger charge is -2.14. The number of anilines is 1. The van der Waals surface area contributed by atoms with Crippen LogP contribution < -0.4 is 14.8 Å². The Morgan fingerprint density at radius 1 is 1.14 bits per heavy atom. The van der Waals surface area contributed by atoms with Crippen LogP contribution in [0.25, 0.3) is 0 Å². The Bertz CT molecular complexity index is 730. The number of halogens is 1. The molecule has 1 atom stereocenters. The van der Waals surface area contributed by atoms with E-state index in [9.17, 15) is 4.79 Å². The van der Waals surface area contributed by atoms with Crippen molar-refractivity contribution in [2.24, 2.45) is 0 Å². The molecule has 2 aromatic carbocycles. The zero-order valence-electron chi connectivity index (χ0n) is 12.4. The lowest BCUT2D eigenvalue weighted by molar-refractivity contribution is -0.117. The first-order chi connectivity index (χ1) is 10.6. The summed E-state index contributed by atoms with van der Waals surface area (Å²) < 4.78 is 10.6. The number of benzene rings is 2. The molecule has 1 N–H and O–H groups in total. The van der Waals surface area contributed by atoms with E-state index in [1.807, 2.05) is 24.3 Å². The third kappa shape index (κ3) is 2.62. The first kappa shape index (κ1) is 14.7. The Kier molecular flexibility index (Phi) is 3.94. The third-order valence-corrected chi connectivity index (χ3v) is 4.11. The molecule has 22 heavy (non-hydrogen) atoms. The number of carbonyl (C=O) groups excluding carboxylic acids is 1. The average Bonchev–Trinajstić information content (AvgIpc) is 2.82. The molecule has 114 valence electrons. The maximum atomic E-state index is 12.3. The quantitative estimate of drug-likeness (QED) is 0.936. The number of amides is 1. The van der Waals surface area contributed by atoms with Crippen LogP contribution in [-0.2, 0) is 11.2 Å². The summed E-state index contributed by atoms with van der Waals surface area (Å²) in [6, 6.07) is 11.1. The predicted octanol–water partition coefficient (Wildman–Crippen LogP) is 3.64. The molecule has 0 fully saturated rings. The molecule has 1 heterocycles. The molecule has 4 nitrogen and oxygen atoms in total. The molecule has 1 amide bonds. The molecule has 1 aliphatic heterocycles. The summed E-state index contributed by atoms with van der Waals surface area (Å²) in [5, 5.41) is 3.49. The highest BCUT2D eigenvalue weighted by molar-refractivity contribution is 6.31. The van der Waals surface area contributed by atoms with Gasteiger partial charge in [-0.05, 0) is 47.9 Å². The number of hydrogen-bond donors (Lipinski definition) is 1. The first-order valence-electron chi connectivity index (χ1n) is 6.93. The molecule has 5 heteroatoms. The first-order valence-corrected chi connectivity index (χ1v) is 7.31. The number of nitrogens with one attached hydrogen (secondary N) is 1. The van der Waals surface area contributed by atoms with Crippen molar-refractivity contribution in [1.29, 1.82) is 0 Å². The van der Waals surface area contributed by atoms with Gasteiger partial charge in [-0.25, -0.2) is 0 Å². The minimum absolute atomic E-state index is 0.0258. The summed E-state index contributed by atoms with van der Waals surface area (Å²) in [6.45, 7) is 0. The van der Waals surface area contributed by atoms with Crippen LogP contribution in [0.2, 0.25) is 5.02 Å². The van der Waals surface area contributed by atoms with E-state index in [4.69, 9.17) is 21.1 Å². The van der Waals surface area contributed by atoms with Gasteiger partial charge in [0.25, 0.3) is 0 Å². The van der Waals surface area contributed by atoms with Gasteiger partial charge in [0, 0.05) is 10.7 Å². The number of carbonyl (C=O) groups is 1. The van der Waals surface area contributed by atoms with Crippen LogP contribution in [0.1, 0.15) is 17.0 Å². The molecule has 3 rings (SSSR count). The molecule has 1 aliphatic rings. The lowest BCUT2D eigenvalue weighted by Crippen LogP contribution is -2.14. The normalized spacial score (nSPS) is 16.1. The Labute approximate surface area is 134 Å². The molecule has 1 unspecified atom stereocenters. The maximum Gasteiger partial charge on any atom is 0.232 e. The Morgan fingerprint density at radius 3 is 2.68 bits per heavy atom. The smallest absolute Gasteiger partial charge is 0.232 e. The minimum Gasteiger partial charge on any atom is -0.497 e. The van der Waals surface area contributed by atoms with Crippen molar-refractivity contribution in [3.05, 3.63) is 52.5 Å². The van der Waals surface area contributed by atoms with Crippen LogP contribution in [-0.4, -0.2) is 20.1 Å². The topological polar surface area (TPSA) is 47.6 Å². The molecule has 0 saturated heterocycles. The highest BCUT2D eigenvalue weighted by Crippen LogP contribution is 2.38. The van der Waals surface area contributed by atoms with Crippen molar-refractivity contribution < 1.29 is 14.3 Å². The number of rotatable bonds is 4. The van der Waals surface area contributed by atoms with Crippen LogP contribution in [0.5, 0.6) is 11.5 Å². The lowest BCUT2D eigenvalue weighted by atomic mass is 9.92. The van der Waals surface area contributed by atoms with Gasteiger partial charge < -0.3 is 14.8 Å². The fourth-order valence-electron chi connectivity index (χ4n) is 2.77. The summed E-state index contributed by atoms with van der Waals surface area (Å²) in [6.07, 6.45) is 0.542. The Morgan fingerprint density at radius 2 is 1.95 bits per heavy atom. The van der Waals surface area contributed by atoms with Gasteiger partial charge in [-0.2, -0.15) is 0 Å². The van der Waals surface area contributed by atoms with Crippen molar-refractivity contribution >= 4 is 23.2 Å². The molecule has 0 saturated carbocycles. The van der Waals surface area contributed by atoms with Crippen molar-refractivity contribution in [2.45, 2.75) is 12.3 Å². The van der Waals surface area contributed by atoms with Crippen LogP contribution in [0.3, 0.4) is 0 Å². The summed E-state index contributed by atoms with van der Waals surface area (Å²) >= 11 is 5.98. The van der Waals surface area contributed by atoms with Gasteiger partial charge in [0.05, 0.1) is 20.1 Å². The predicted molar refractivity (Wildman–Crippen MR) is 86.1 cm³/mol.